The first kappa shape index (κ1) is 8.76. The molecule has 1 aromatic carbocycles. The van der Waals surface area contributed by atoms with Gasteiger partial charge in [0.2, 0.25) is 0 Å². The molecule has 0 saturated heterocycles. The van der Waals surface area contributed by atoms with Crippen molar-refractivity contribution in [2.75, 3.05) is 0 Å². The van der Waals surface area contributed by atoms with Crippen LogP contribution in [-0.4, -0.2) is 0 Å². The van der Waals surface area contributed by atoms with Crippen molar-refractivity contribution in [3.05, 3.63) is 35.4 Å². The van der Waals surface area contributed by atoms with Gasteiger partial charge in [-0.15, -0.1) is 0 Å². The Morgan fingerprint density at radius 2 is 2.08 bits per heavy atom. The summed E-state index contributed by atoms with van der Waals surface area (Å²) in [5.41, 5.74) is 8.50. The monoisotopic (exact) mass is 175 g/mol. The molecule has 1 aliphatic carbocycles. The molecular formula is C12H17N. The van der Waals surface area contributed by atoms with Crippen LogP contribution < -0.4 is 5.73 Å². The molecule has 1 unspecified atom stereocenters. The first-order valence-corrected chi connectivity index (χ1v) is 5.11. The Bertz CT molecular complexity index is 289. The first-order valence-electron chi connectivity index (χ1n) is 5.11. The van der Waals surface area contributed by atoms with E-state index in [4.69, 9.17) is 5.73 Å². The highest BCUT2D eigenvalue weighted by molar-refractivity contribution is 5.31. The summed E-state index contributed by atoms with van der Waals surface area (Å²) in [5, 5.41) is 0. The molecule has 0 spiro atoms. The van der Waals surface area contributed by atoms with Gasteiger partial charge >= 0.3 is 0 Å². The van der Waals surface area contributed by atoms with Gasteiger partial charge in [0.05, 0.1) is 0 Å². The van der Waals surface area contributed by atoms with Crippen molar-refractivity contribution in [2.24, 2.45) is 11.7 Å². The lowest BCUT2D eigenvalue weighted by Gasteiger charge is -2.14. The number of hydrogen-bond donors (Lipinski definition) is 1. The molecule has 1 saturated carbocycles. The fraction of sp³-hybridized carbons (Fsp3) is 0.500. The van der Waals surface area contributed by atoms with E-state index in [1.807, 2.05) is 0 Å². The van der Waals surface area contributed by atoms with E-state index in [0.29, 0.717) is 12.5 Å². The zero-order valence-electron chi connectivity index (χ0n) is 8.16. The molecule has 1 heteroatoms. The van der Waals surface area contributed by atoms with Gasteiger partial charge in [0.1, 0.15) is 0 Å². The molecule has 13 heavy (non-hydrogen) atoms. The van der Waals surface area contributed by atoms with Gasteiger partial charge in [-0.1, -0.05) is 31.2 Å². The lowest BCUT2D eigenvalue weighted by molar-refractivity contribution is 0.656. The van der Waals surface area contributed by atoms with Crippen LogP contribution in [0.5, 0.6) is 0 Å². The van der Waals surface area contributed by atoms with Crippen LogP contribution in [0, 0.1) is 5.92 Å². The van der Waals surface area contributed by atoms with Crippen LogP contribution in [0.2, 0.25) is 0 Å². The number of rotatable bonds is 3. The van der Waals surface area contributed by atoms with Gasteiger partial charge in [0, 0.05) is 6.54 Å². The van der Waals surface area contributed by atoms with Gasteiger partial charge in [-0.05, 0) is 35.8 Å². The van der Waals surface area contributed by atoms with Crippen molar-refractivity contribution in [1.82, 2.24) is 0 Å². The Hall–Kier alpha value is -0.820. The van der Waals surface area contributed by atoms with E-state index in [-0.39, 0.29) is 0 Å². The van der Waals surface area contributed by atoms with Gasteiger partial charge in [-0.2, -0.15) is 0 Å². The Morgan fingerprint density at radius 1 is 1.38 bits per heavy atom. The highest BCUT2D eigenvalue weighted by Gasteiger charge is 2.29. The van der Waals surface area contributed by atoms with Gasteiger partial charge < -0.3 is 5.73 Å². The van der Waals surface area contributed by atoms with E-state index in [2.05, 4.69) is 31.2 Å². The summed E-state index contributed by atoms with van der Waals surface area (Å²) in [6.45, 7) is 3.00. The third-order valence-electron chi connectivity index (χ3n) is 3.09. The average molecular weight is 175 g/mol. The largest absolute Gasteiger partial charge is 0.326 e. The van der Waals surface area contributed by atoms with Crippen molar-refractivity contribution >= 4 is 0 Å². The van der Waals surface area contributed by atoms with E-state index in [9.17, 15) is 0 Å². The minimum absolute atomic E-state index is 0.674. The second kappa shape index (κ2) is 3.51. The molecule has 0 radical (unpaired) electrons. The zero-order chi connectivity index (χ0) is 9.26. The van der Waals surface area contributed by atoms with Crippen molar-refractivity contribution in [1.29, 1.82) is 0 Å². The van der Waals surface area contributed by atoms with Gasteiger partial charge in [0.25, 0.3) is 0 Å². The molecule has 0 amide bonds. The van der Waals surface area contributed by atoms with Crippen LogP contribution in [0.1, 0.15) is 36.8 Å². The Morgan fingerprint density at radius 3 is 2.69 bits per heavy atom. The minimum Gasteiger partial charge on any atom is -0.326 e. The summed E-state index contributed by atoms with van der Waals surface area (Å²) in [6, 6.07) is 8.57. The molecule has 1 nitrogen and oxygen atoms in total. The number of nitrogens with two attached hydrogens (primary N) is 1. The molecule has 1 aromatic rings. The van der Waals surface area contributed by atoms with Gasteiger partial charge in [0.15, 0.2) is 0 Å². The van der Waals surface area contributed by atoms with E-state index < -0.39 is 0 Å². The average Bonchev–Trinajstić information content (AvgIpc) is 3.00. The highest BCUT2D eigenvalue weighted by Crippen LogP contribution is 2.42. The highest BCUT2D eigenvalue weighted by atomic mass is 14.5. The predicted molar refractivity (Wildman–Crippen MR) is 55.5 cm³/mol. The second-order valence-electron chi connectivity index (χ2n) is 4.03. The van der Waals surface area contributed by atoms with E-state index in [1.165, 1.54) is 24.0 Å². The summed E-state index contributed by atoms with van der Waals surface area (Å²) in [5.74, 6) is 1.63. The van der Waals surface area contributed by atoms with Crippen LogP contribution in [0.15, 0.2) is 24.3 Å². The first-order chi connectivity index (χ1) is 6.33. The molecule has 1 fully saturated rings. The summed E-state index contributed by atoms with van der Waals surface area (Å²) in [4.78, 5) is 0. The van der Waals surface area contributed by atoms with Gasteiger partial charge in [-0.3, -0.25) is 0 Å². The van der Waals surface area contributed by atoms with Crippen molar-refractivity contribution in [3.63, 3.8) is 0 Å². The molecule has 0 aliphatic heterocycles. The standard InChI is InChI=1S/C12H17N/c1-9(10-6-7-10)12-5-3-2-4-11(12)8-13/h2-5,9-10H,6-8,13H2,1H3. The lowest BCUT2D eigenvalue weighted by Crippen LogP contribution is -2.05. The molecule has 0 heterocycles. The number of hydrogen-bond acceptors (Lipinski definition) is 1. The van der Waals surface area contributed by atoms with Gasteiger partial charge in [-0.25, -0.2) is 0 Å². The fourth-order valence-electron chi connectivity index (χ4n) is 2.01. The topological polar surface area (TPSA) is 26.0 Å². The predicted octanol–water partition coefficient (Wildman–Crippen LogP) is 2.66. The van der Waals surface area contributed by atoms with Crippen LogP contribution in [-0.2, 0) is 6.54 Å². The molecule has 70 valence electrons. The minimum atomic E-state index is 0.674. The normalized spacial score (nSPS) is 18.6. The zero-order valence-corrected chi connectivity index (χ0v) is 8.16. The molecule has 1 atom stereocenters. The van der Waals surface area contributed by atoms with Crippen LogP contribution >= 0.6 is 0 Å². The van der Waals surface area contributed by atoms with Crippen LogP contribution in [0.25, 0.3) is 0 Å². The maximum Gasteiger partial charge on any atom is 0.0180 e. The fourth-order valence-corrected chi connectivity index (χ4v) is 2.01. The maximum atomic E-state index is 5.71. The molecule has 1 aliphatic rings. The summed E-state index contributed by atoms with van der Waals surface area (Å²) in [7, 11) is 0. The van der Waals surface area contributed by atoms with E-state index >= 15 is 0 Å². The molecular weight excluding hydrogens is 158 g/mol. The summed E-state index contributed by atoms with van der Waals surface area (Å²) >= 11 is 0. The second-order valence-corrected chi connectivity index (χ2v) is 4.03. The third kappa shape index (κ3) is 1.75. The Labute approximate surface area is 80.0 Å². The SMILES string of the molecule is CC(c1ccccc1CN)C1CC1. The third-order valence-corrected chi connectivity index (χ3v) is 3.09. The smallest absolute Gasteiger partial charge is 0.0180 e. The van der Waals surface area contributed by atoms with Crippen molar-refractivity contribution in [2.45, 2.75) is 32.2 Å². The van der Waals surface area contributed by atoms with Crippen molar-refractivity contribution in [3.8, 4) is 0 Å². The molecule has 0 bridgehead atoms. The quantitative estimate of drug-likeness (QED) is 0.751. The lowest BCUT2D eigenvalue weighted by atomic mass is 9.92. The van der Waals surface area contributed by atoms with Crippen LogP contribution in [0.4, 0.5) is 0 Å². The molecule has 2 rings (SSSR count). The maximum absolute atomic E-state index is 5.71. The number of benzene rings is 1. The van der Waals surface area contributed by atoms with Crippen LogP contribution in [0.3, 0.4) is 0 Å². The van der Waals surface area contributed by atoms with E-state index in [1.54, 1.807) is 0 Å². The Balaban J connectivity index is 2.26. The van der Waals surface area contributed by atoms with E-state index in [0.717, 1.165) is 5.92 Å². The summed E-state index contributed by atoms with van der Waals surface area (Å²) < 4.78 is 0. The van der Waals surface area contributed by atoms with Crippen molar-refractivity contribution < 1.29 is 0 Å². The summed E-state index contributed by atoms with van der Waals surface area (Å²) in [6.07, 6.45) is 2.81. The Kier molecular flexibility index (Phi) is 2.36. The molecule has 0 aromatic heterocycles. The molecule has 2 N–H and O–H groups in total.